The molecule has 0 unspecified atom stereocenters. The van der Waals surface area contributed by atoms with Crippen LogP contribution in [0, 0.1) is 6.92 Å². The predicted molar refractivity (Wildman–Crippen MR) is 67.2 cm³/mol. The fraction of sp³-hybridized carbons (Fsp3) is 0.308. The van der Waals surface area contributed by atoms with Crippen molar-refractivity contribution in [1.29, 1.82) is 0 Å². The Balaban J connectivity index is 2.49. The molecule has 0 aliphatic carbocycles. The van der Waals surface area contributed by atoms with Crippen molar-refractivity contribution >= 4 is 5.82 Å². The third-order valence-electron chi connectivity index (χ3n) is 2.68. The van der Waals surface area contributed by atoms with E-state index in [-0.39, 0.29) is 0 Å². The van der Waals surface area contributed by atoms with Crippen LogP contribution in [0.15, 0.2) is 30.6 Å². The molecule has 0 bridgehead atoms. The normalized spacial score (nSPS) is 11.0. The van der Waals surface area contributed by atoms with Crippen LogP contribution in [0.5, 0.6) is 0 Å². The maximum absolute atomic E-state index is 6.09. The van der Waals surface area contributed by atoms with Crippen LogP contribution in [-0.2, 0) is 0 Å². The second-order valence-electron chi connectivity index (χ2n) is 4.35. The molecule has 2 N–H and O–H groups in total. The lowest BCUT2D eigenvalue weighted by Gasteiger charge is -2.09. The summed E-state index contributed by atoms with van der Waals surface area (Å²) in [5, 5.41) is 0. The Labute approximate surface area is 95.9 Å². The number of hydrogen-bond acceptors (Lipinski definition) is 2. The topological polar surface area (TPSA) is 43.8 Å². The highest BCUT2D eigenvalue weighted by Gasteiger charge is 2.11. The summed E-state index contributed by atoms with van der Waals surface area (Å²) < 4.78 is 1.98. The summed E-state index contributed by atoms with van der Waals surface area (Å²) in [6.45, 7) is 6.26. The maximum atomic E-state index is 6.09. The summed E-state index contributed by atoms with van der Waals surface area (Å²) in [6, 6.07) is 8.57. The van der Waals surface area contributed by atoms with Gasteiger partial charge in [-0.25, -0.2) is 4.98 Å². The molecule has 0 saturated carbocycles. The summed E-state index contributed by atoms with van der Waals surface area (Å²) in [6.07, 6.45) is 1.80. The first kappa shape index (κ1) is 10.7. The monoisotopic (exact) mass is 215 g/mol. The van der Waals surface area contributed by atoms with Gasteiger partial charge in [-0.2, -0.15) is 0 Å². The van der Waals surface area contributed by atoms with E-state index in [9.17, 15) is 0 Å². The van der Waals surface area contributed by atoms with Gasteiger partial charge in [-0.15, -0.1) is 0 Å². The first-order chi connectivity index (χ1) is 7.59. The molecular weight excluding hydrogens is 198 g/mol. The molecular formula is C13H17N3. The molecule has 84 valence electrons. The van der Waals surface area contributed by atoms with Crippen LogP contribution in [0.25, 0.3) is 11.3 Å². The van der Waals surface area contributed by atoms with Crippen LogP contribution in [0.2, 0.25) is 0 Å². The van der Waals surface area contributed by atoms with Crippen molar-refractivity contribution < 1.29 is 0 Å². The minimum atomic E-state index is 0.339. The lowest BCUT2D eigenvalue weighted by atomic mass is 10.1. The number of rotatable bonds is 2. The molecule has 0 aliphatic rings. The maximum Gasteiger partial charge on any atom is 0.131 e. The molecule has 2 rings (SSSR count). The van der Waals surface area contributed by atoms with Crippen LogP contribution < -0.4 is 5.73 Å². The molecule has 0 spiro atoms. The predicted octanol–water partition coefficient (Wildman–Crippen LogP) is 3.02. The van der Waals surface area contributed by atoms with E-state index in [1.54, 1.807) is 6.33 Å². The van der Waals surface area contributed by atoms with Crippen molar-refractivity contribution in [3.63, 3.8) is 0 Å². The first-order valence-corrected chi connectivity index (χ1v) is 5.49. The van der Waals surface area contributed by atoms with Crippen LogP contribution in [0.1, 0.15) is 25.5 Å². The molecule has 0 radical (unpaired) electrons. The van der Waals surface area contributed by atoms with Crippen LogP contribution in [-0.4, -0.2) is 9.55 Å². The fourth-order valence-electron chi connectivity index (χ4n) is 1.80. The molecule has 1 heterocycles. The average Bonchev–Trinajstić information content (AvgIpc) is 2.60. The molecule has 0 atom stereocenters. The van der Waals surface area contributed by atoms with E-state index in [1.165, 1.54) is 5.56 Å². The van der Waals surface area contributed by atoms with Crippen molar-refractivity contribution in [2.75, 3.05) is 5.73 Å². The van der Waals surface area contributed by atoms with Gasteiger partial charge < -0.3 is 10.3 Å². The number of nitrogens with two attached hydrogens (primary N) is 1. The van der Waals surface area contributed by atoms with Gasteiger partial charge in [-0.1, -0.05) is 23.8 Å². The second-order valence-corrected chi connectivity index (χ2v) is 4.35. The SMILES string of the molecule is Cc1cccc(-c2ncn(C(C)C)c2N)c1. The molecule has 16 heavy (non-hydrogen) atoms. The zero-order valence-electron chi connectivity index (χ0n) is 9.94. The van der Waals surface area contributed by atoms with Gasteiger partial charge in [0.25, 0.3) is 0 Å². The largest absolute Gasteiger partial charge is 0.383 e. The minimum Gasteiger partial charge on any atom is -0.383 e. The van der Waals surface area contributed by atoms with Crippen LogP contribution in [0.4, 0.5) is 5.82 Å². The summed E-state index contributed by atoms with van der Waals surface area (Å²) in [4.78, 5) is 4.39. The quantitative estimate of drug-likeness (QED) is 0.836. The Morgan fingerprint density at radius 3 is 2.62 bits per heavy atom. The highest BCUT2D eigenvalue weighted by atomic mass is 15.1. The number of imidazole rings is 1. The zero-order chi connectivity index (χ0) is 11.7. The smallest absolute Gasteiger partial charge is 0.131 e. The van der Waals surface area contributed by atoms with E-state index in [1.807, 2.05) is 16.7 Å². The van der Waals surface area contributed by atoms with Gasteiger partial charge in [-0.05, 0) is 26.8 Å². The van der Waals surface area contributed by atoms with E-state index < -0.39 is 0 Å². The molecule has 2 aromatic rings. The molecule has 0 aliphatic heterocycles. The highest BCUT2D eigenvalue weighted by molar-refractivity contribution is 5.70. The van der Waals surface area contributed by atoms with Crippen LogP contribution >= 0.6 is 0 Å². The number of anilines is 1. The Morgan fingerprint density at radius 2 is 2.06 bits per heavy atom. The molecule has 3 heteroatoms. The van der Waals surface area contributed by atoms with E-state index in [4.69, 9.17) is 5.73 Å². The van der Waals surface area contributed by atoms with Crippen molar-refractivity contribution in [2.45, 2.75) is 26.8 Å². The molecule has 1 aromatic carbocycles. The van der Waals surface area contributed by atoms with Crippen LogP contribution in [0.3, 0.4) is 0 Å². The summed E-state index contributed by atoms with van der Waals surface area (Å²) >= 11 is 0. The Bertz CT molecular complexity index is 498. The molecule has 0 saturated heterocycles. The summed E-state index contributed by atoms with van der Waals surface area (Å²) in [7, 11) is 0. The van der Waals surface area contributed by atoms with Gasteiger partial charge in [0.15, 0.2) is 0 Å². The highest BCUT2D eigenvalue weighted by Crippen LogP contribution is 2.26. The Morgan fingerprint density at radius 1 is 1.31 bits per heavy atom. The molecule has 0 fully saturated rings. The third-order valence-corrected chi connectivity index (χ3v) is 2.68. The van der Waals surface area contributed by atoms with E-state index in [0.29, 0.717) is 6.04 Å². The number of aromatic nitrogens is 2. The number of hydrogen-bond donors (Lipinski definition) is 1. The molecule has 0 amide bonds. The summed E-state index contributed by atoms with van der Waals surface area (Å²) in [5.74, 6) is 0.737. The van der Waals surface area contributed by atoms with Gasteiger partial charge >= 0.3 is 0 Å². The third kappa shape index (κ3) is 1.81. The van der Waals surface area contributed by atoms with Crippen molar-refractivity contribution in [1.82, 2.24) is 9.55 Å². The minimum absolute atomic E-state index is 0.339. The van der Waals surface area contributed by atoms with Crippen molar-refractivity contribution in [2.24, 2.45) is 0 Å². The van der Waals surface area contributed by atoms with E-state index in [0.717, 1.165) is 17.1 Å². The summed E-state index contributed by atoms with van der Waals surface area (Å²) in [5.41, 5.74) is 9.26. The van der Waals surface area contributed by atoms with Crippen molar-refractivity contribution in [3.8, 4) is 11.3 Å². The van der Waals surface area contributed by atoms with Gasteiger partial charge in [0, 0.05) is 11.6 Å². The van der Waals surface area contributed by atoms with E-state index in [2.05, 4.69) is 37.9 Å². The zero-order valence-corrected chi connectivity index (χ0v) is 9.94. The fourth-order valence-corrected chi connectivity index (χ4v) is 1.80. The lowest BCUT2D eigenvalue weighted by Crippen LogP contribution is -2.04. The molecule has 1 aromatic heterocycles. The first-order valence-electron chi connectivity index (χ1n) is 5.49. The average molecular weight is 215 g/mol. The van der Waals surface area contributed by atoms with Gasteiger partial charge in [0.2, 0.25) is 0 Å². The van der Waals surface area contributed by atoms with Gasteiger partial charge in [0.1, 0.15) is 11.5 Å². The lowest BCUT2D eigenvalue weighted by molar-refractivity contribution is 0.607. The number of benzene rings is 1. The number of nitrogen functional groups attached to an aromatic ring is 1. The Hall–Kier alpha value is -1.77. The molecule has 3 nitrogen and oxygen atoms in total. The van der Waals surface area contributed by atoms with Gasteiger partial charge in [-0.3, -0.25) is 0 Å². The second kappa shape index (κ2) is 4.00. The Kier molecular flexibility index (Phi) is 2.69. The van der Waals surface area contributed by atoms with E-state index >= 15 is 0 Å². The number of nitrogens with zero attached hydrogens (tertiary/aromatic N) is 2. The standard InChI is InChI=1S/C13H17N3/c1-9(2)16-8-15-12(13(16)14)11-6-4-5-10(3)7-11/h4-9H,14H2,1-3H3. The van der Waals surface area contributed by atoms with Crippen molar-refractivity contribution in [3.05, 3.63) is 36.2 Å². The van der Waals surface area contributed by atoms with Gasteiger partial charge in [0.05, 0.1) is 6.33 Å². The number of aryl methyl sites for hydroxylation is 1.